The van der Waals surface area contributed by atoms with Crippen LogP contribution in [0.2, 0.25) is 0 Å². The van der Waals surface area contributed by atoms with Crippen LogP contribution < -0.4 is 5.32 Å². The first kappa shape index (κ1) is 11.8. The lowest BCUT2D eigenvalue weighted by molar-refractivity contribution is 0.535. The summed E-state index contributed by atoms with van der Waals surface area (Å²) in [5.41, 5.74) is 2.76. The summed E-state index contributed by atoms with van der Waals surface area (Å²) in [5.74, 6) is 0.691. The van der Waals surface area contributed by atoms with Gasteiger partial charge in [-0.25, -0.2) is 0 Å². The first-order chi connectivity index (χ1) is 8.72. The Morgan fingerprint density at radius 3 is 2.83 bits per heavy atom. The normalized spacial score (nSPS) is 15.7. The lowest BCUT2D eigenvalue weighted by atomic mass is 10.1. The number of aromatic nitrogens is 1. The molecule has 0 bridgehead atoms. The van der Waals surface area contributed by atoms with E-state index in [9.17, 15) is 0 Å². The van der Waals surface area contributed by atoms with Gasteiger partial charge in [-0.3, -0.25) is 0 Å². The fourth-order valence-corrected chi connectivity index (χ4v) is 2.46. The van der Waals surface area contributed by atoms with Crippen molar-refractivity contribution >= 4 is 10.9 Å². The van der Waals surface area contributed by atoms with Crippen molar-refractivity contribution in [1.82, 2.24) is 9.88 Å². The molecule has 96 valence electrons. The van der Waals surface area contributed by atoms with Crippen molar-refractivity contribution in [2.45, 2.75) is 45.8 Å². The minimum Gasteiger partial charge on any atom is -0.347 e. The van der Waals surface area contributed by atoms with E-state index >= 15 is 0 Å². The molecule has 1 aliphatic carbocycles. The molecular weight excluding hydrogens is 220 g/mol. The van der Waals surface area contributed by atoms with Crippen LogP contribution in [0, 0.1) is 5.92 Å². The van der Waals surface area contributed by atoms with Crippen LogP contribution >= 0.6 is 0 Å². The molecule has 0 spiro atoms. The molecule has 1 saturated carbocycles. The van der Waals surface area contributed by atoms with Gasteiger partial charge >= 0.3 is 0 Å². The third-order valence-corrected chi connectivity index (χ3v) is 3.57. The minimum absolute atomic E-state index is 0.691. The molecule has 0 unspecified atom stereocenters. The van der Waals surface area contributed by atoms with Gasteiger partial charge in [0, 0.05) is 30.8 Å². The number of hydrogen-bond donors (Lipinski definition) is 1. The molecule has 0 saturated heterocycles. The van der Waals surface area contributed by atoms with Crippen molar-refractivity contribution in [2.24, 2.45) is 5.92 Å². The fourth-order valence-electron chi connectivity index (χ4n) is 2.46. The van der Waals surface area contributed by atoms with Crippen molar-refractivity contribution in [3.05, 3.63) is 36.0 Å². The Kier molecular flexibility index (Phi) is 3.13. The van der Waals surface area contributed by atoms with Gasteiger partial charge in [-0.15, -0.1) is 0 Å². The standard InChI is InChI=1S/C16H22N2/c1-12(2)11-18-8-7-14-9-13(3-6-16(14)18)10-17-15-4-5-15/h3,6-9,12,15,17H,4-5,10-11H2,1-2H3. The molecule has 1 aromatic carbocycles. The molecule has 18 heavy (non-hydrogen) atoms. The van der Waals surface area contributed by atoms with Gasteiger partial charge in [-0.1, -0.05) is 19.9 Å². The maximum atomic E-state index is 3.57. The topological polar surface area (TPSA) is 17.0 Å². The van der Waals surface area contributed by atoms with Crippen LogP contribution in [0.15, 0.2) is 30.5 Å². The molecule has 1 aliphatic rings. The molecule has 0 atom stereocenters. The zero-order valence-electron chi connectivity index (χ0n) is 11.3. The average Bonchev–Trinajstić information content (AvgIpc) is 3.09. The summed E-state index contributed by atoms with van der Waals surface area (Å²) in [4.78, 5) is 0. The summed E-state index contributed by atoms with van der Waals surface area (Å²) in [5, 5.41) is 4.94. The monoisotopic (exact) mass is 242 g/mol. The number of nitrogens with one attached hydrogen (secondary N) is 1. The van der Waals surface area contributed by atoms with Crippen molar-refractivity contribution < 1.29 is 0 Å². The summed E-state index contributed by atoms with van der Waals surface area (Å²) in [7, 11) is 0. The minimum atomic E-state index is 0.691. The van der Waals surface area contributed by atoms with E-state index in [1.807, 2.05) is 0 Å². The fraction of sp³-hybridized carbons (Fsp3) is 0.500. The molecule has 2 aromatic rings. The van der Waals surface area contributed by atoms with E-state index in [4.69, 9.17) is 0 Å². The SMILES string of the molecule is CC(C)Cn1ccc2cc(CNC3CC3)ccc21. The maximum absolute atomic E-state index is 3.57. The first-order valence-electron chi connectivity index (χ1n) is 7.03. The van der Waals surface area contributed by atoms with Gasteiger partial charge in [-0.2, -0.15) is 0 Å². The highest BCUT2D eigenvalue weighted by atomic mass is 15.0. The molecule has 0 radical (unpaired) electrons. The van der Waals surface area contributed by atoms with E-state index < -0.39 is 0 Å². The summed E-state index contributed by atoms with van der Waals surface area (Å²) in [6.45, 7) is 6.64. The second kappa shape index (κ2) is 4.77. The highest BCUT2D eigenvalue weighted by molar-refractivity contribution is 5.80. The van der Waals surface area contributed by atoms with Gasteiger partial charge in [0.05, 0.1) is 0 Å². The van der Waals surface area contributed by atoms with E-state index in [2.05, 4.69) is 54.2 Å². The van der Waals surface area contributed by atoms with Gasteiger partial charge in [0.25, 0.3) is 0 Å². The predicted octanol–water partition coefficient (Wildman–Crippen LogP) is 3.55. The van der Waals surface area contributed by atoms with Crippen molar-refractivity contribution in [3.8, 4) is 0 Å². The summed E-state index contributed by atoms with van der Waals surface area (Å²) < 4.78 is 2.36. The second-order valence-electron chi connectivity index (χ2n) is 5.91. The lowest BCUT2D eigenvalue weighted by Crippen LogP contribution is -2.15. The van der Waals surface area contributed by atoms with E-state index in [0.717, 1.165) is 19.1 Å². The number of fused-ring (bicyclic) bond motifs is 1. The lowest BCUT2D eigenvalue weighted by Gasteiger charge is -2.09. The van der Waals surface area contributed by atoms with E-state index in [1.165, 1.54) is 29.3 Å². The Labute approximate surface area is 109 Å². The van der Waals surface area contributed by atoms with Crippen LogP contribution in [0.5, 0.6) is 0 Å². The molecule has 1 fully saturated rings. The third-order valence-electron chi connectivity index (χ3n) is 3.57. The number of hydrogen-bond acceptors (Lipinski definition) is 1. The third kappa shape index (κ3) is 2.59. The maximum Gasteiger partial charge on any atom is 0.0480 e. The Hall–Kier alpha value is -1.28. The Bertz CT molecular complexity index is 535. The number of benzene rings is 1. The molecular formula is C16H22N2. The number of rotatable bonds is 5. The van der Waals surface area contributed by atoms with Crippen LogP contribution in [0.4, 0.5) is 0 Å². The van der Waals surface area contributed by atoms with Crippen LogP contribution in [0.3, 0.4) is 0 Å². The smallest absolute Gasteiger partial charge is 0.0480 e. The molecule has 1 N–H and O–H groups in total. The van der Waals surface area contributed by atoms with Gasteiger partial charge in [0.2, 0.25) is 0 Å². The van der Waals surface area contributed by atoms with Crippen LogP contribution in [-0.2, 0) is 13.1 Å². The van der Waals surface area contributed by atoms with Crippen molar-refractivity contribution in [1.29, 1.82) is 0 Å². The van der Waals surface area contributed by atoms with Crippen LogP contribution in [0.25, 0.3) is 10.9 Å². The predicted molar refractivity (Wildman–Crippen MR) is 76.6 cm³/mol. The number of nitrogens with zero attached hydrogens (tertiary/aromatic N) is 1. The molecule has 2 nitrogen and oxygen atoms in total. The van der Waals surface area contributed by atoms with Gasteiger partial charge in [0.1, 0.15) is 0 Å². The van der Waals surface area contributed by atoms with E-state index in [-0.39, 0.29) is 0 Å². The highest BCUT2D eigenvalue weighted by Gasteiger charge is 2.19. The van der Waals surface area contributed by atoms with E-state index in [0.29, 0.717) is 5.92 Å². The van der Waals surface area contributed by atoms with Crippen LogP contribution in [0.1, 0.15) is 32.3 Å². The van der Waals surface area contributed by atoms with E-state index in [1.54, 1.807) is 0 Å². The second-order valence-corrected chi connectivity index (χ2v) is 5.91. The van der Waals surface area contributed by atoms with Crippen LogP contribution in [-0.4, -0.2) is 10.6 Å². The van der Waals surface area contributed by atoms with Crippen molar-refractivity contribution in [2.75, 3.05) is 0 Å². The first-order valence-corrected chi connectivity index (χ1v) is 7.03. The Balaban J connectivity index is 1.79. The molecule has 1 heterocycles. The summed E-state index contributed by atoms with van der Waals surface area (Å²) in [6, 6.07) is 9.86. The van der Waals surface area contributed by atoms with Gasteiger partial charge < -0.3 is 9.88 Å². The molecule has 1 aromatic heterocycles. The Morgan fingerprint density at radius 1 is 1.28 bits per heavy atom. The molecule has 2 heteroatoms. The quantitative estimate of drug-likeness (QED) is 0.848. The highest BCUT2D eigenvalue weighted by Crippen LogP contribution is 2.21. The molecule has 0 aliphatic heterocycles. The largest absolute Gasteiger partial charge is 0.347 e. The Morgan fingerprint density at radius 2 is 2.11 bits per heavy atom. The zero-order valence-corrected chi connectivity index (χ0v) is 11.3. The van der Waals surface area contributed by atoms with Gasteiger partial charge in [-0.05, 0) is 47.9 Å². The molecule has 3 rings (SSSR count). The summed E-state index contributed by atoms with van der Waals surface area (Å²) in [6.07, 6.45) is 4.92. The zero-order chi connectivity index (χ0) is 12.5. The average molecular weight is 242 g/mol. The van der Waals surface area contributed by atoms with Crippen molar-refractivity contribution in [3.63, 3.8) is 0 Å². The summed E-state index contributed by atoms with van der Waals surface area (Å²) >= 11 is 0. The van der Waals surface area contributed by atoms with Gasteiger partial charge in [0.15, 0.2) is 0 Å². The molecule has 0 amide bonds.